The van der Waals surface area contributed by atoms with E-state index in [9.17, 15) is 9.59 Å². The molecule has 30 heavy (non-hydrogen) atoms. The largest absolute Gasteiger partial charge is 0.347 e. The smallest absolute Gasteiger partial charge is 0.270 e. The second kappa shape index (κ2) is 7.88. The summed E-state index contributed by atoms with van der Waals surface area (Å²) in [6, 6.07) is 13.7. The van der Waals surface area contributed by atoms with Crippen LogP contribution in [0.5, 0.6) is 0 Å². The summed E-state index contributed by atoms with van der Waals surface area (Å²) < 4.78 is 2.15. The van der Waals surface area contributed by atoms with Gasteiger partial charge in [0.05, 0.1) is 5.69 Å². The quantitative estimate of drug-likeness (QED) is 0.386. The maximum Gasteiger partial charge on any atom is 0.270 e. The standard InChI is InChI=1S/C24H23N3O2S/c1-4-11-26-14-17(19-7-5-6-8-21(19)26)13-20-22(28)25-24(30)27(23(20)29)18-10-9-15(2)16(3)12-18/h5-10,12-14H,4,11H2,1-3H3,(H,25,28,30)/b20-13+. The Labute approximate surface area is 181 Å². The van der Waals surface area contributed by atoms with Crippen LogP contribution in [0.4, 0.5) is 5.69 Å². The lowest BCUT2D eigenvalue weighted by Crippen LogP contribution is -2.54. The molecular formula is C24H23N3O2S. The van der Waals surface area contributed by atoms with Crippen LogP contribution < -0.4 is 10.2 Å². The third-order valence-corrected chi connectivity index (χ3v) is 5.72. The van der Waals surface area contributed by atoms with E-state index in [0.29, 0.717) is 5.69 Å². The zero-order valence-corrected chi connectivity index (χ0v) is 18.0. The summed E-state index contributed by atoms with van der Waals surface area (Å²) in [6.45, 7) is 6.97. The number of amides is 2. The average molecular weight is 418 g/mol. The summed E-state index contributed by atoms with van der Waals surface area (Å²) >= 11 is 5.31. The van der Waals surface area contributed by atoms with Crippen molar-refractivity contribution < 1.29 is 9.59 Å². The van der Waals surface area contributed by atoms with Gasteiger partial charge in [0.1, 0.15) is 5.57 Å². The molecule has 1 aliphatic heterocycles. The van der Waals surface area contributed by atoms with Gasteiger partial charge in [-0.15, -0.1) is 0 Å². The van der Waals surface area contributed by atoms with E-state index in [1.807, 2.05) is 62.5 Å². The van der Waals surface area contributed by atoms with Crippen LogP contribution in [0.1, 0.15) is 30.0 Å². The molecule has 0 radical (unpaired) electrons. The van der Waals surface area contributed by atoms with Gasteiger partial charge >= 0.3 is 0 Å². The lowest BCUT2D eigenvalue weighted by molar-refractivity contribution is -0.122. The summed E-state index contributed by atoms with van der Waals surface area (Å²) in [5, 5.41) is 3.77. The molecule has 0 saturated carbocycles. The number of aromatic nitrogens is 1. The third-order valence-electron chi connectivity index (χ3n) is 5.43. The van der Waals surface area contributed by atoms with Crippen LogP contribution in [0.2, 0.25) is 0 Å². The van der Waals surface area contributed by atoms with Crippen LogP contribution in [0.15, 0.2) is 54.2 Å². The van der Waals surface area contributed by atoms with E-state index < -0.39 is 11.8 Å². The summed E-state index contributed by atoms with van der Waals surface area (Å²) in [7, 11) is 0. The zero-order chi connectivity index (χ0) is 21.4. The Balaban J connectivity index is 1.80. The first-order chi connectivity index (χ1) is 14.4. The van der Waals surface area contributed by atoms with Crippen LogP contribution >= 0.6 is 12.2 Å². The van der Waals surface area contributed by atoms with Crippen molar-refractivity contribution >= 4 is 51.8 Å². The molecule has 2 aromatic carbocycles. The first-order valence-corrected chi connectivity index (χ1v) is 10.4. The summed E-state index contributed by atoms with van der Waals surface area (Å²) in [5.41, 5.74) is 4.81. The molecule has 2 amide bonds. The molecule has 0 bridgehead atoms. The number of carbonyl (C=O) groups excluding carboxylic acids is 2. The SMILES string of the molecule is CCCn1cc(/C=C2\C(=O)NC(=S)N(c3ccc(C)c(C)c3)C2=O)c2ccccc21. The number of carbonyl (C=O) groups is 2. The fourth-order valence-corrected chi connectivity index (χ4v) is 4.01. The molecule has 4 rings (SSSR count). The lowest BCUT2D eigenvalue weighted by Gasteiger charge is -2.29. The molecule has 2 heterocycles. The fraction of sp³-hybridized carbons (Fsp3) is 0.208. The average Bonchev–Trinajstić information content (AvgIpc) is 3.06. The van der Waals surface area contributed by atoms with E-state index in [2.05, 4.69) is 16.8 Å². The first-order valence-electron chi connectivity index (χ1n) is 9.97. The number of fused-ring (bicyclic) bond motifs is 1. The highest BCUT2D eigenvalue weighted by atomic mass is 32.1. The number of nitrogens with zero attached hydrogens (tertiary/aromatic N) is 2. The van der Waals surface area contributed by atoms with Crippen molar-refractivity contribution in [3.8, 4) is 0 Å². The van der Waals surface area contributed by atoms with E-state index in [1.165, 1.54) is 4.90 Å². The Morgan fingerprint density at radius 1 is 1.07 bits per heavy atom. The van der Waals surface area contributed by atoms with Gasteiger partial charge in [-0.25, -0.2) is 0 Å². The third kappa shape index (κ3) is 3.44. The Hall–Kier alpha value is -3.25. The zero-order valence-electron chi connectivity index (χ0n) is 17.2. The van der Waals surface area contributed by atoms with E-state index in [4.69, 9.17) is 12.2 Å². The summed E-state index contributed by atoms with van der Waals surface area (Å²) in [6.07, 6.45) is 4.65. The molecule has 6 heteroatoms. The maximum absolute atomic E-state index is 13.3. The highest BCUT2D eigenvalue weighted by molar-refractivity contribution is 7.80. The number of thiocarbonyl (C=S) groups is 1. The van der Waals surface area contributed by atoms with Gasteiger partial charge in [-0.3, -0.25) is 19.8 Å². The van der Waals surface area contributed by atoms with Crippen molar-refractivity contribution in [2.24, 2.45) is 0 Å². The van der Waals surface area contributed by atoms with Crippen LogP contribution in [-0.2, 0) is 16.1 Å². The topological polar surface area (TPSA) is 54.3 Å². The second-order valence-corrected chi connectivity index (χ2v) is 7.91. The van der Waals surface area contributed by atoms with Crippen molar-refractivity contribution in [1.29, 1.82) is 0 Å². The molecule has 0 unspecified atom stereocenters. The second-order valence-electron chi connectivity index (χ2n) is 7.52. The van der Waals surface area contributed by atoms with Crippen LogP contribution in [0.25, 0.3) is 17.0 Å². The summed E-state index contributed by atoms with van der Waals surface area (Å²) in [5.74, 6) is -0.892. The molecule has 152 valence electrons. The Kier molecular flexibility index (Phi) is 5.26. The first kappa shape index (κ1) is 20.0. The number of benzene rings is 2. The molecule has 0 aliphatic carbocycles. The van der Waals surface area contributed by atoms with E-state index >= 15 is 0 Å². The van der Waals surface area contributed by atoms with Gasteiger partial charge in [0.2, 0.25) is 0 Å². The molecule has 1 aliphatic rings. The van der Waals surface area contributed by atoms with Gasteiger partial charge in [-0.2, -0.15) is 0 Å². The normalized spacial score (nSPS) is 15.9. The number of rotatable bonds is 4. The highest BCUT2D eigenvalue weighted by Gasteiger charge is 2.34. The van der Waals surface area contributed by atoms with Crippen molar-refractivity contribution in [2.75, 3.05) is 4.90 Å². The number of hydrogen-bond acceptors (Lipinski definition) is 3. The summed E-state index contributed by atoms with van der Waals surface area (Å²) in [4.78, 5) is 27.4. The highest BCUT2D eigenvalue weighted by Crippen LogP contribution is 2.27. The Morgan fingerprint density at radius 3 is 2.57 bits per heavy atom. The van der Waals surface area contributed by atoms with Crippen LogP contribution in [-0.4, -0.2) is 21.5 Å². The molecule has 5 nitrogen and oxygen atoms in total. The predicted molar refractivity (Wildman–Crippen MR) is 124 cm³/mol. The number of aryl methyl sites for hydroxylation is 3. The van der Waals surface area contributed by atoms with E-state index in [-0.39, 0.29) is 10.7 Å². The molecular weight excluding hydrogens is 394 g/mol. The van der Waals surface area contributed by atoms with Gasteiger partial charge < -0.3 is 4.57 Å². The number of hydrogen-bond donors (Lipinski definition) is 1. The fourth-order valence-electron chi connectivity index (χ4n) is 3.73. The van der Waals surface area contributed by atoms with Gasteiger partial charge in [0, 0.05) is 29.2 Å². The predicted octanol–water partition coefficient (Wildman–Crippen LogP) is 4.50. The molecule has 0 spiro atoms. The minimum absolute atomic E-state index is 0.0706. The van der Waals surface area contributed by atoms with Gasteiger partial charge in [-0.05, 0) is 67.9 Å². The van der Waals surface area contributed by atoms with Crippen molar-refractivity contribution in [1.82, 2.24) is 9.88 Å². The monoisotopic (exact) mass is 417 g/mol. The maximum atomic E-state index is 13.3. The minimum atomic E-state index is -0.475. The molecule has 1 N–H and O–H groups in total. The van der Waals surface area contributed by atoms with Crippen LogP contribution in [0.3, 0.4) is 0 Å². The molecule has 3 aromatic rings. The molecule has 1 saturated heterocycles. The minimum Gasteiger partial charge on any atom is -0.347 e. The van der Waals surface area contributed by atoms with Gasteiger partial charge in [-0.1, -0.05) is 31.2 Å². The van der Waals surface area contributed by atoms with Crippen molar-refractivity contribution in [3.63, 3.8) is 0 Å². The number of para-hydroxylation sites is 1. The van der Waals surface area contributed by atoms with Gasteiger partial charge in [0.25, 0.3) is 11.8 Å². The number of anilines is 1. The molecule has 0 atom stereocenters. The Bertz CT molecular complexity index is 1220. The molecule has 1 fully saturated rings. The van der Waals surface area contributed by atoms with E-state index in [0.717, 1.165) is 40.6 Å². The van der Waals surface area contributed by atoms with Crippen LogP contribution in [0, 0.1) is 13.8 Å². The van der Waals surface area contributed by atoms with Crippen molar-refractivity contribution in [3.05, 3.63) is 70.9 Å². The van der Waals surface area contributed by atoms with E-state index in [1.54, 1.807) is 6.08 Å². The lowest BCUT2D eigenvalue weighted by atomic mass is 10.0. The number of nitrogens with one attached hydrogen (secondary N) is 1. The van der Waals surface area contributed by atoms with Gasteiger partial charge in [0.15, 0.2) is 5.11 Å². The molecule has 1 aromatic heterocycles. The Morgan fingerprint density at radius 2 is 1.83 bits per heavy atom. The van der Waals surface area contributed by atoms with Crippen molar-refractivity contribution in [2.45, 2.75) is 33.7 Å².